The molecule has 0 saturated heterocycles. The van der Waals surface area contributed by atoms with Gasteiger partial charge in [0.15, 0.2) is 0 Å². The highest BCUT2D eigenvalue weighted by molar-refractivity contribution is 6.03. The van der Waals surface area contributed by atoms with Gasteiger partial charge < -0.3 is 10.2 Å². The second kappa shape index (κ2) is 8.15. The lowest BCUT2D eigenvalue weighted by Gasteiger charge is -2.23. The summed E-state index contributed by atoms with van der Waals surface area (Å²) in [6.07, 6.45) is 4.43. The van der Waals surface area contributed by atoms with Gasteiger partial charge in [0.05, 0.1) is 11.1 Å². The van der Waals surface area contributed by atoms with Crippen LogP contribution in [0.5, 0.6) is 0 Å². The molecular formula is C26H24O4. The molecule has 0 bridgehead atoms. The van der Waals surface area contributed by atoms with Crippen molar-refractivity contribution in [3.63, 3.8) is 0 Å². The van der Waals surface area contributed by atoms with Gasteiger partial charge in [-0.1, -0.05) is 66.9 Å². The number of rotatable bonds is 5. The minimum absolute atomic E-state index is 0.217. The van der Waals surface area contributed by atoms with E-state index in [1.165, 1.54) is 0 Å². The Hall–Kier alpha value is -3.40. The van der Waals surface area contributed by atoms with Gasteiger partial charge in [0.1, 0.15) is 0 Å². The number of benzene rings is 3. The molecule has 4 nitrogen and oxygen atoms in total. The Bertz CT molecular complexity index is 1120. The Morgan fingerprint density at radius 1 is 0.767 bits per heavy atom. The number of carboxylic acid groups (broad SMARTS) is 2. The minimum Gasteiger partial charge on any atom is -0.478 e. The summed E-state index contributed by atoms with van der Waals surface area (Å²) in [5.41, 5.74) is 5.50. The number of hydrogen-bond acceptors (Lipinski definition) is 2. The van der Waals surface area contributed by atoms with Crippen LogP contribution in [-0.2, 0) is 0 Å². The second-order valence-electron chi connectivity index (χ2n) is 7.96. The molecule has 0 amide bonds. The molecule has 1 aliphatic rings. The molecule has 4 rings (SSSR count). The topological polar surface area (TPSA) is 74.6 Å². The lowest BCUT2D eigenvalue weighted by atomic mass is 9.81. The zero-order chi connectivity index (χ0) is 21.3. The number of aryl methyl sites for hydroxylation is 1. The van der Waals surface area contributed by atoms with Crippen LogP contribution in [0.2, 0.25) is 0 Å². The number of aromatic carboxylic acids is 2. The molecule has 0 aromatic heterocycles. The van der Waals surface area contributed by atoms with Crippen molar-refractivity contribution >= 4 is 11.9 Å². The summed E-state index contributed by atoms with van der Waals surface area (Å²) < 4.78 is 0. The highest BCUT2D eigenvalue weighted by Gasteiger charge is 2.26. The Labute approximate surface area is 175 Å². The summed E-state index contributed by atoms with van der Waals surface area (Å²) in [7, 11) is 0. The van der Waals surface area contributed by atoms with E-state index < -0.39 is 11.9 Å². The first-order valence-electron chi connectivity index (χ1n) is 10.3. The van der Waals surface area contributed by atoms with Crippen LogP contribution in [0.4, 0.5) is 0 Å². The Morgan fingerprint density at radius 3 is 1.90 bits per heavy atom. The molecule has 2 N–H and O–H groups in total. The molecule has 0 aliphatic heterocycles. The van der Waals surface area contributed by atoms with E-state index in [1.807, 2.05) is 37.3 Å². The van der Waals surface area contributed by atoms with Crippen LogP contribution >= 0.6 is 0 Å². The molecule has 1 fully saturated rings. The van der Waals surface area contributed by atoms with Crippen LogP contribution in [0, 0.1) is 6.92 Å². The summed E-state index contributed by atoms with van der Waals surface area (Å²) in [5, 5.41) is 19.6. The molecule has 3 aromatic rings. The fraction of sp³-hybridized carbons (Fsp3) is 0.231. The maximum atomic E-state index is 12.0. The summed E-state index contributed by atoms with van der Waals surface area (Å²) >= 11 is 0. The van der Waals surface area contributed by atoms with Crippen molar-refractivity contribution in [3.8, 4) is 22.3 Å². The Morgan fingerprint density at radius 2 is 1.30 bits per heavy atom. The van der Waals surface area contributed by atoms with Crippen molar-refractivity contribution in [2.75, 3.05) is 0 Å². The van der Waals surface area contributed by atoms with Crippen LogP contribution < -0.4 is 0 Å². The van der Waals surface area contributed by atoms with Crippen molar-refractivity contribution in [1.29, 1.82) is 0 Å². The SMILES string of the molecule is Cc1cc(-c2ccccc2C(=O)O)c(-c2ccccc2C(=O)O)c(C2CCCC2)c1. The minimum atomic E-state index is -0.994. The predicted molar refractivity (Wildman–Crippen MR) is 117 cm³/mol. The van der Waals surface area contributed by atoms with Crippen molar-refractivity contribution in [3.05, 3.63) is 82.9 Å². The summed E-state index contributed by atoms with van der Waals surface area (Å²) in [4.78, 5) is 24.0. The van der Waals surface area contributed by atoms with Gasteiger partial charge in [0.2, 0.25) is 0 Å². The normalized spacial score (nSPS) is 14.0. The fourth-order valence-electron chi connectivity index (χ4n) is 4.68. The lowest BCUT2D eigenvalue weighted by Crippen LogP contribution is -2.06. The Balaban J connectivity index is 2.10. The van der Waals surface area contributed by atoms with Gasteiger partial charge in [-0.05, 0) is 65.6 Å². The lowest BCUT2D eigenvalue weighted by molar-refractivity contribution is 0.0686. The summed E-state index contributed by atoms with van der Waals surface area (Å²) in [6.45, 7) is 2.01. The molecule has 0 radical (unpaired) electrons. The van der Waals surface area contributed by atoms with Crippen molar-refractivity contribution in [1.82, 2.24) is 0 Å². The van der Waals surface area contributed by atoms with E-state index in [2.05, 4.69) is 6.07 Å². The van der Waals surface area contributed by atoms with E-state index in [-0.39, 0.29) is 11.1 Å². The van der Waals surface area contributed by atoms with Crippen LogP contribution in [0.3, 0.4) is 0 Å². The monoisotopic (exact) mass is 400 g/mol. The maximum absolute atomic E-state index is 12.0. The molecule has 0 heterocycles. The van der Waals surface area contributed by atoms with E-state index in [4.69, 9.17) is 0 Å². The van der Waals surface area contributed by atoms with E-state index in [0.717, 1.165) is 47.9 Å². The maximum Gasteiger partial charge on any atom is 0.336 e. The second-order valence-corrected chi connectivity index (χ2v) is 7.96. The van der Waals surface area contributed by atoms with Gasteiger partial charge in [0.25, 0.3) is 0 Å². The first-order valence-corrected chi connectivity index (χ1v) is 10.3. The molecule has 152 valence electrons. The van der Waals surface area contributed by atoms with E-state index in [9.17, 15) is 19.8 Å². The van der Waals surface area contributed by atoms with Crippen LogP contribution in [0.15, 0.2) is 60.7 Å². The molecule has 0 atom stereocenters. The molecular weight excluding hydrogens is 376 g/mol. The number of carboxylic acids is 2. The molecule has 4 heteroatoms. The van der Waals surface area contributed by atoms with Gasteiger partial charge in [-0.15, -0.1) is 0 Å². The molecule has 0 spiro atoms. The first kappa shape index (κ1) is 19.9. The smallest absolute Gasteiger partial charge is 0.336 e. The van der Waals surface area contributed by atoms with Gasteiger partial charge >= 0.3 is 11.9 Å². The van der Waals surface area contributed by atoms with Gasteiger partial charge in [-0.2, -0.15) is 0 Å². The zero-order valence-electron chi connectivity index (χ0n) is 16.9. The largest absolute Gasteiger partial charge is 0.478 e. The molecule has 3 aromatic carbocycles. The predicted octanol–water partition coefficient (Wildman–Crippen LogP) is 6.38. The van der Waals surface area contributed by atoms with Gasteiger partial charge in [0, 0.05) is 0 Å². The van der Waals surface area contributed by atoms with E-state index in [0.29, 0.717) is 17.0 Å². The zero-order valence-corrected chi connectivity index (χ0v) is 16.9. The van der Waals surface area contributed by atoms with Gasteiger partial charge in [-0.3, -0.25) is 0 Å². The summed E-state index contributed by atoms with van der Waals surface area (Å²) in [5.74, 6) is -1.63. The third kappa shape index (κ3) is 3.61. The Kier molecular flexibility index (Phi) is 5.40. The standard InChI is InChI=1S/C26H24O4/c1-16-14-22(17-8-2-3-9-17)24(19-11-5-7-13-21(19)26(29)30)23(15-16)18-10-4-6-12-20(18)25(27)28/h4-7,10-15,17H,2-3,8-9H2,1H3,(H,27,28)(H,29,30). The molecule has 0 unspecified atom stereocenters. The fourth-order valence-corrected chi connectivity index (χ4v) is 4.68. The molecule has 30 heavy (non-hydrogen) atoms. The van der Waals surface area contributed by atoms with Crippen molar-refractivity contribution < 1.29 is 19.8 Å². The van der Waals surface area contributed by atoms with Crippen LogP contribution in [0.25, 0.3) is 22.3 Å². The quantitative estimate of drug-likeness (QED) is 0.521. The van der Waals surface area contributed by atoms with Crippen molar-refractivity contribution in [2.45, 2.75) is 38.5 Å². The van der Waals surface area contributed by atoms with E-state index in [1.54, 1.807) is 24.3 Å². The van der Waals surface area contributed by atoms with Gasteiger partial charge in [-0.25, -0.2) is 9.59 Å². The average molecular weight is 400 g/mol. The highest BCUT2D eigenvalue weighted by atomic mass is 16.4. The molecule has 1 saturated carbocycles. The third-order valence-electron chi connectivity index (χ3n) is 5.98. The first-order chi connectivity index (χ1) is 14.5. The highest BCUT2D eigenvalue weighted by Crippen LogP contribution is 2.45. The number of hydrogen-bond donors (Lipinski definition) is 2. The van der Waals surface area contributed by atoms with Crippen molar-refractivity contribution in [2.24, 2.45) is 0 Å². The van der Waals surface area contributed by atoms with Crippen LogP contribution in [0.1, 0.15) is 63.4 Å². The summed E-state index contributed by atoms with van der Waals surface area (Å²) in [6, 6.07) is 18.1. The molecule has 1 aliphatic carbocycles. The van der Waals surface area contributed by atoms with E-state index >= 15 is 0 Å². The number of carbonyl (C=O) groups is 2. The third-order valence-corrected chi connectivity index (χ3v) is 5.98. The van der Waals surface area contributed by atoms with Crippen LogP contribution in [-0.4, -0.2) is 22.2 Å². The average Bonchev–Trinajstić information content (AvgIpc) is 3.28.